The van der Waals surface area contributed by atoms with Gasteiger partial charge in [0, 0.05) is 19.3 Å². The molecule has 0 saturated carbocycles. The Labute approximate surface area is 467 Å². The van der Waals surface area contributed by atoms with E-state index in [0.29, 0.717) is 19.3 Å². The Morgan fingerprint density at radius 1 is 0.267 bits per heavy atom. The molecule has 6 heteroatoms. The highest BCUT2D eigenvalue weighted by atomic mass is 16.6. The second-order valence-corrected chi connectivity index (χ2v) is 22.7. The molecule has 0 aliphatic rings. The van der Waals surface area contributed by atoms with Gasteiger partial charge in [-0.1, -0.05) is 308 Å². The van der Waals surface area contributed by atoms with Crippen LogP contribution in [0.25, 0.3) is 0 Å². The summed E-state index contributed by atoms with van der Waals surface area (Å²) in [7, 11) is 0. The molecule has 440 valence electrons. The lowest BCUT2D eigenvalue weighted by Gasteiger charge is -2.18. The first kappa shape index (κ1) is 72.6. The average Bonchev–Trinajstić information content (AvgIpc) is 3.41. The highest BCUT2D eigenvalue weighted by Crippen LogP contribution is 2.18. The number of hydrogen-bond acceptors (Lipinski definition) is 6. The van der Waals surface area contributed by atoms with Crippen molar-refractivity contribution in [3.63, 3.8) is 0 Å². The van der Waals surface area contributed by atoms with Crippen molar-refractivity contribution in [3.05, 3.63) is 36.5 Å². The monoisotopic (exact) mass is 1050 g/mol. The van der Waals surface area contributed by atoms with E-state index in [0.717, 1.165) is 89.9 Å². The van der Waals surface area contributed by atoms with Gasteiger partial charge in [-0.3, -0.25) is 14.4 Å². The van der Waals surface area contributed by atoms with Crippen LogP contribution in [0.2, 0.25) is 0 Å². The summed E-state index contributed by atoms with van der Waals surface area (Å²) in [6.07, 6.45) is 78.9. The van der Waals surface area contributed by atoms with Crippen molar-refractivity contribution in [2.75, 3.05) is 13.2 Å². The Morgan fingerprint density at radius 2 is 0.480 bits per heavy atom. The second-order valence-electron chi connectivity index (χ2n) is 22.7. The maximum Gasteiger partial charge on any atom is 0.306 e. The van der Waals surface area contributed by atoms with E-state index in [1.165, 1.54) is 238 Å². The Bertz CT molecular complexity index is 1250. The smallest absolute Gasteiger partial charge is 0.306 e. The molecule has 1 unspecified atom stereocenters. The lowest BCUT2D eigenvalue weighted by Crippen LogP contribution is -2.30. The molecule has 0 aliphatic carbocycles. The fourth-order valence-corrected chi connectivity index (χ4v) is 10.1. The maximum absolute atomic E-state index is 12.9. The molecule has 0 aromatic rings. The first-order chi connectivity index (χ1) is 37.0. The van der Waals surface area contributed by atoms with Crippen LogP contribution in [0.4, 0.5) is 0 Å². The minimum absolute atomic E-state index is 0.0765. The van der Waals surface area contributed by atoms with Gasteiger partial charge >= 0.3 is 17.9 Å². The van der Waals surface area contributed by atoms with Crippen LogP contribution in [0.1, 0.15) is 367 Å². The lowest BCUT2D eigenvalue weighted by molar-refractivity contribution is -0.167. The second kappa shape index (κ2) is 64.2. The van der Waals surface area contributed by atoms with Gasteiger partial charge in [0.2, 0.25) is 0 Å². The third kappa shape index (κ3) is 62.4. The molecule has 75 heavy (non-hydrogen) atoms. The average molecular weight is 1050 g/mol. The van der Waals surface area contributed by atoms with E-state index in [1.54, 1.807) is 0 Å². The summed E-state index contributed by atoms with van der Waals surface area (Å²) in [4.78, 5) is 38.3. The van der Waals surface area contributed by atoms with Gasteiger partial charge in [0.1, 0.15) is 13.2 Å². The van der Waals surface area contributed by atoms with Crippen LogP contribution in [0, 0.1) is 0 Å². The number of hydrogen-bond donors (Lipinski definition) is 0. The van der Waals surface area contributed by atoms with Gasteiger partial charge in [-0.15, -0.1) is 0 Å². The molecule has 0 spiro atoms. The van der Waals surface area contributed by atoms with Gasteiger partial charge < -0.3 is 14.2 Å². The molecular formula is C69H128O6. The molecule has 0 aromatic heterocycles. The zero-order valence-electron chi connectivity index (χ0n) is 50.6. The fraction of sp³-hybridized carbons (Fsp3) is 0.870. The van der Waals surface area contributed by atoms with E-state index in [9.17, 15) is 14.4 Å². The van der Waals surface area contributed by atoms with Crippen LogP contribution in [0.15, 0.2) is 36.5 Å². The van der Waals surface area contributed by atoms with E-state index in [1.807, 2.05) is 0 Å². The van der Waals surface area contributed by atoms with Gasteiger partial charge in [-0.25, -0.2) is 0 Å². The van der Waals surface area contributed by atoms with Crippen LogP contribution in [-0.4, -0.2) is 37.2 Å². The lowest BCUT2D eigenvalue weighted by atomic mass is 10.0. The van der Waals surface area contributed by atoms with E-state index >= 15 is 0 Å². The Hall–Kier alpha value is -2.37. The van der Waals surface area contributed by atoms with Gasteiger partial charge in [0.15, 0.2) is 6.10 Å². The molecular weight excluding hydrogens is 925 g/mol. The number of esters is 3. The predicted molar refractivity (Wildman–Crippen MR) is 326 cm³/mol. The highest BCUT2D eigenvalue weighted by molar-refractivity contribution is 5.71. The minimum atomic E-state index is -0.781. The van der Waals surface area contributed by atoms with E-state index in [-0.39, 0.29) is 31.1 Å². The molecule has 0 aromatic carbocycles. The van der Waals surface area contributed by atoms with Gasteiger partial charge in [-0.05, 0) is 77.0 Å². The van der Waals surface area contributed by atoms with Crippen LogP contribution >= 0.6 is 0 Å². The molecule has 0 amide bonds. The Kier molecular flexibility index (Phi) is 62.1. The molecule has 0 aliphatic heterocycles. The number of carbonyl (C=O) groups excluding carboxylic acids is 3. The van der Waals surface area contributed by atoms with Crippen molar-refractivity contribution in [3.8, 4) is 0 Å². The van der Waals surface area contributed by atoms with E-state index in [2.05, 4.69) is 57.2 Å². The molecule has 0 N–H and O–H groups in total. The van der Waals surface area contributed by atoms with Crippen LogP contribution in [0.3, 0.4) is 0 Å². The zero-order chi connectivity index (χ0) is 54.3. The largest absolute Gasteiger partial charge is 0.462 e. The molecule has 0 fully saturated rings. The topological polar surface area (TPSA) is 78.9 Å². The molecule has 0 heterocycles. The van der Waals surface area contributed by atoms with Crippen molar-refractivity contribution >= 4 is 17.9 Å². The van der Waals surface area contributed by atoms with Crippen LogP contribution in [0.5, 0.6) is 0 Å². The van der Waals surface area contributed by atoms with E-state index < -0.39 is 6.10 Å². The van der Waals surface area contributed by atoms with Gasteiger partial charge in [-0.2, -0.15) is 0 Å². The number of allylic oxidation sites excluding steroid dienone is 6. The molecule has 0 bridgehead atoms. The normalized spacial score (nSPS) is 12.2. The minimum Gasteiger partial charge on any atom is -0.462 e. The Balaban J connectivity index is 4.18. The first-order valence-corrected chi connectivity index (χ1v) is 33.5. The molecule has 0 rings (SSSR count). The number of carbonyl (C=O) groups is 3. The number of unbranched alkanes of at least 4 members (excludes halogenated alkanes) is 45. The van der Waals surface area contributed by atoms with Crippen molar-refractivity contribution in [1.82, 2.24) is 0 Å². The van der Waals surface area contributed by atoms with Gasteiger partial charge in [0.25, 0.3) is 0 Å². The molecule has 6 nitrogen and oxygen atoms in total. The van der Waals surface area contributed by atoms with Crippen molar-refractivity contribution < 1.29 is 28.6 Å². The maximum atomic E-state index is 12.9. The quantitative estimate of drug-likeness (QED) is 0.0261. The predicted octanol–water partition coefficient (Wildman–Crippen LogP) is 22.8. The Morgan fingerprint density at radius 3 is 0.760 bits per heavy atom. The third-order valence-corrected chi connectivity index (χ3v) is 15.1. The first-order valence-electron chi connectivity index (χ1n) is 33.5. The van der Waals surface area contributed by atoms with Gasteiger partial charge in [0.05, 0.1) is 0 Å². The summed E-state index contributed by atoms with van der Waals surface area (Å²) in [5.41, 5.74) is 0. The molecule has 0 saturated heterocycles. The fourth-order valence-electron chi connectivity index (χ4n) is 10.1. The van der Waals surface area contributed by atoms with Crippen LogP contribution < -0.4 is 0 Å². The zero-order valence-corrected chi connectivity index (χ0v) is 50.6. The van der Waals surface area contributed by atoms with Crippen LogP contribution in [-0.2, 0) is 28.6 Å². The summed E-state index contributed by atoms with van der Waals surface area (Å²) in [6, 6.07) is 0. The summed E-state index contributed by atoms with van der Waals surface area (Å²) < 4.78 is 16.9. The van der Waals surface area contributed by atoms with Crippen molar-refractivity contribution in [1.29, 1.82) is 0 Å². The number of rotatable bonds is 62. The standard InChI is InChI=1S/C69H128O6/c1-4-7-10-13-16-19-22-25-27-29-30-31-32-33-34-35-36-37-38-39-40-42-44-47-50-53-56-59-62-68(71)74-65-66(64-73-67(70)61-58-55-52-49-46-43-24-21-18-15-12-9-6-3)75-69(72)63-60-57-54-51-48-45-41-28-26-23-20-17-14-11-8-5-2/h20-21,23-24,28,41,66H,4-19,22,25-27,29-40,42-65H2,1-3H3/b23-20-,24-21-,41-28-. The van der Waals surface area contributed by atoms with E-state index in [4.69, 9.17) is 14.2 Å². The van der Waals surface area contributed by atoms with Crippen molar-refractivity contribution in [2.24, 2.45) is 0 Å². The summed E-state index contributed by atoms with van der Waals surface area (Å²) >= 11 is 0. The highest BCUT2D eigenvalue weighted by Gasteiger charge is 2.19. The summed E-state index contributed by atoms with van der Waals surface area (Å²) in [5, 5.41) is 0. The molecule has 0 radical (unpaired) electrons. The molecule has 1 atom stereocenters. The summed E-state index contributed by atoms with van der Waals surface area (Å²) in [5.74, 6) is -0.877. The number of ether oxygens (including phenoxy) is 3. The SMILES string of the molecule is CCCCCC/C=C\C/C=C\CCCCCCCC(=O)OC(COC(=O)CCCCCCC/C=C\CCCCCC)COC(=O)CCCCCCCCCCCCCCCCCCCCCCCCCCCCCC. The third-order valence-electron chi connectivity index (χ3n) is 15.1. The van der Waals surface area contributed by atoms with Crippen molar-refractivity contribution in [2.45, 2.75) is 374 Å². The summed E-state index contributed by atoms with van der Waals surface area (Å²) in [6.45, 7) is 6.65.